The molecule has 2 aromatic carbocycles. The van der Waals surface area contributed by atoms with Crippen LogP contribution in [0.1, 0.15) is 0 Å². The maximum Gasteiger partial charge on any atom is 0.289 e. The Hall–Kier alpha value is -3.18. The number of piperazine rings is 1. The Labute approximate surface area is 165 Å². The van der Waals surface area contributed by atoms with Crippen LogP contribution in [0.3, 0.4) is 0 Å². The number of nitro benzene ring substituents is 1. The summed E-state index contributed by atoms with van der Waals surface area (Å²) in [6.45, 7) is 0.857. The molecule has 0 saturated carbocycles. The minimum atomic E-state index is -4.02. The normalized spacial score (nSPS) is 15.6. The molecule has 3 aromatic rings. The standard InChI is InChI=1S/C18H16FN5O4S/c19-13-5-6-15-14(11-13)18(21-12-20-15)22-7-9-23(10-8-22)29(27,28)17-4-2-1-3-16(17)24(25)26/h1-6,11-12H,7-10H2. The summed E-state index contributed by atoms with van der Waals surface area (Å²) in [5, 5.41) is 11.8. The zero-order valence-electron chi connectivity index (χ0n) is 15.1. The number of hydrogen-bond acceptors (Lipinski definition) is 7. The third-order valence-electron chi connectivity index (χ3n) is 4.79. The lowest BCUT2D eigenvalue weighted by Crippen LogP contribution is -2.49. The zero-order valence-corrected chi connectivity index (χ0v) is 15.9. The summed E-state index contributed by atoms with van der Waals surface area (Å²) < 4.78 is 40.8. The van der Waals surface area contributed by atoms with Gasteiger partial charge in [0.15, 0.2) is 4.90 Å². The highest BCUT2D eigenvalue weighted by Gasteiger charge is 2.34. The van der Waals surface area contributed by atoms with Crippen molar-refractivity contribution in [2.24, 2.45) is 0 Å². The Morgan fingerprint density at radius 2 is 1.76 bits per heavy atom. The van der Waals surface area contributed by atoms with Gasteiger partial charge in [-0.15, -0.1) is 0 Å². The molecule has 4 rings (SSSR count). The molecule has 1 fully saturated rings. The second-order valence-electron chi connectivity index (χ2n) is 6.47. The van der Waals surface area contributed by atoms with Gasteiger partial charge in [-0.25, -0.2) is 22.8 Å². The molecule has 1 aliphatic rings. The number of benzene rings is 2. The minimum absolute atomic E-state index is 0.120. The van der Waals surface area contributed by atoms with Crippen molar-refractivity contribution in [2.75, 3.05) is 31.1 Å². The van der Waals surface area contributed by atoms with Crippen LogP contribution < -0.4 is 4.90 Å². The Morgan fingerprint density at radius 3 is 2.48 bits per heavy atom. The van der Waals surface area contributed by atoms with E-state index in [-0.39, 0.29) is 18.0 Å². The van der Waals surface area contributed by atoms with Gasteiger partial charge in [-0.1, -0.05) is 12.1 Å². The van der Waals surface area contributed by atoms with Crippen LogP contribution in [0.2, 0.25) is 0 Å². The zero-order chi connectivity index (χ0) is 20.6. The third kappa shape index (κ3) is 3.49. The predicted octanol–water partition coefficient (Wildman–Crippen LogP) is 2.19. The van der Waals surface area contributed by atoms with Crippen LogP contribution >= 0.6 is 0 Å². The average molecular weight is 417 g/mol. The number of para-hydroxylation sites is 1. The molecule has 0 amide bonds. The molecule has 0 bridgehead atoms. The summed E-state index contributed by atoms with van der Waals surface area (Å²) in [6.07, 6.45) is 1.38. The molecule has 29 heavy (non-hydrogen) atoms. The van der Waals surface area contributed by atoms with Crippen LogP contribution in [0.5, 0.6) is 0 Å². The summed E-state index contributed by atoms with van der Waals surface area (Å²) >= 11 is 0. The van der Waals surface area contributed by atoms with Gasteiger partial charge < -0.3 is 4.90 Å². The molecule has 0 radical (unpaired) electrons. The molecule has 1 aliphatic heterocycles. The van der Waals surface area contributed by atoms with Crippen molar-refractivity contribution in [1.29, 1.82) is 0 Å². The molecule has 0 aliphatic carbocycles. The van der Waals surface area contributed by atoms with E-state index < -0.39 is 26.5 Å². The van der Waals surface area contributed by atoms with Crippen molar-refractivity contribution < 1.29 is 17.7 Å². The van der Waals surface area contributed by atoms with Crippen molar-refractivity contribution >= 4 is 32.4 Å². The van der Waals surface area contributed by atoms with Crippen molar-refractivity contribution in [3.05, 3.63) is 64.7 Å². The lowest BCUT2D eigenvalue weighted by Gasteiger charge is -2.34. The second kappa shape index (κ2) is 7.33. The highest BCUT2D eigenvalue weighted by Crippen LogP contribution is 2.29. The number of anilines is 1. The number of nitrogens with zero attached hydrogens (tertiary/aromatic N) is 5. The fourth-order valence-electron chi connectivity index (χ4n) is 3.37. The largest absolute Gasteiger partial charge is 0.353 e. The number of nitro groups is 1. The molecule has 0 unspecified atom stereocenters. The number of sulfonamides is 1. The molecule has 1 aromatic heterocycles. The fraction of sp³-hybridized carbons (Fsp3) is 0.222. The van der Waals surface area contributed by atoms with Crippen molar-refractivity contribution in [1.82, 2.24) is 14.3 Å². The van der Waals surface area contributed by atoms with Crippen LogP contribution in [0, 0.1) is 15.9 Å². The topological polar surface area (TPSA) is 110 Å². The van der Waals surface area contributed by atoms with Crippen LogP contribution in [-0.2, 0) is 10.0 Å². The number of fused-ring (bicyclic) bond motifs is 1. The second-order valence-corrected chi connectivity index (χ2v) is 8.38. The molecular weight excluding hydrogens is 401 g/mol. The average Bonchev–Trinajstić information content (AvgIpc) is 2.73. The summed E-state index contributed by atoms with van der Waals surface area (Å²) in [5.74, 6) is 0.114. The van der Waals surface area contributed by atoms with Gasteiger partial charge in [0.2, 0.25) is 10.0 Å². The minimum Gasteiger partial charge on any atom is -0.353 e. The van der Waals surface area contributed by atoms with E-state index in [1.54, 1.807) is 6.07 Å². The highest BCUT2D eigenvalue weighted by molar-refractivity contribution is 7.89. The van der Waals surface area contributed by atoms with Gasteiger partial charge in [-0.2, -0.15) is 4.31 Å². The Balaban J connectivity index is 1.59. The molecule has 11 heteroatoms. The van der Waals surface area contributed by atoms with E-state index in [9.17, 15) is 22.9 Å². The number of rotatable bonds is 4. The van der Waals surface area contributed by atoms with Crippen LogP contribution in [0.15, 0.2) is 53.7 Å². The van der Waals surface area contributed by atoms with Gasteiger partial charge in [0, 0.05) is 37.6 Å². The summed E-state index contributed by atoms with van der Waals surface area (Å²) in [5.41, 5.74) is 0.138. The first-order valence-electron chi connectivity index (χ1n) is 8.77. The Bertz CT molecular complexity index is 1200. The SMILES string of the molecule is O=[N+]([O-])c1ccccc1S(=O)(=O)N1CCN(c2ncnc3ccc(F)cc23)CC1. The molecule has 150 valence electrons. The van der Waals surface area contributed by atoms with Crippen molar-refractivity contribution in [3.8, 4) is 0 Å². The van der Waals surface area contributed by atoms with Crippen molar-refractivity contribution in [2.45, 2.75) is 4.90 Å². The van der Waals surface area contributed by atoms with E-state index in [1.165, 1.54) is 47.0 Å². The number of halogens is 1. The smallest absolute Gasteiger partial charge is 0.289 e. The van der Waals surface area contributed by atoms with E-state index in [2.05, 4.69) is 9.97 Å². The first-order chi connectivity index (χ1) is 13.9. The summed E-state index contributed by atoms with van der Waals surface area (Å²) in [7, 11) is -4.02. The van der Waals surface area contributed by atoms with E-state index in [4.69, 9.17) is 0 Å². The molecule has 0 spiro atoms. The Morgan fingerprint density at radius 1 is 1.03 bits per heavy atom. The van der Waals surface area contributed by atoms with E-state index in [1.807, 2.05) is 4.90 Å². The lowest BCUT2D eigenvalue weighted by atomic mass is 10.2. The number of aromatic nitrogens is 2. The predicted molar refractivity (Wildman–Crippen MR) is 104 cm³/mol. The molecule has 2 heterocycles. The summed E-state index contributed by atoms with van der Waals surface area (Å²) in [4.78, 5) is 20.4. The van der Waals surface area contributed by atoms with Crippen LogP contribution in [0.4, 0.5) is 15.9 Å². The van der Waals surface area contributed by atoms with Crippen molar-refractivity contribution in [3.63, 3.8) is 0 Å². The van der Waals surface area contributed by atoms with E-state index in [0.717, 1.165) is 0 Å². The van der Waals surface area contributed by atoms with E-state index >= 15 is 0 Å². The maximum atomic E-state index is 13.7. The van der Waals surface area contributed by atoms with E-state index in [0.29, 0.717) is 29.8 Å². The van der Waals surface area contributed by atoms with Gasteiger partial charge in [-0.05, 0) is 24.3 Å². The third-order valence-corrected chi connectivity index (χ3v) is 6.74. The first-order valence-corrected chi connectivity index (χ1v) is 10.2. The first kappa shape index (κ1) is 19.2. The molecule has 1 saturated heterocycles. The fourth-order valence-corrected chi connectivity index (χ4v) is 4.95. The van der Waals surface area contributed by atoms with Gasteiger partial charge in [0.1, 0.15) is 18.0 Å². The molecular formula is C18H16FN5O4S. The number of hydrogen-bond donors (Lipinski definition) is 0. The maximum absolute atomic E-state index is 13.7. The highest BCUT2D eigenvalue weighted by atomic mass is 32.2. The molecule has 0 atom stereocenters. The molecule has 9 nitrogen and oxygen atoms in total. The van der Waals surface area contributed by atoms with Crippen LogP contribution in [-0.4, -0.2) is 53.8 Å². The quantitative estimate of drug-likeness (QED) is 0.473. The van der Waals surface area contributed by atoms with Gasteiger partial charge in [-0.3, -0.25) is 10.1 Å². The molecule has 0 N–H and O–H groups in total. The Kier molecular flexibility index (Phi) is 4.84. The summed E-state index contributed by atoms with van der Waals surface area (Å²) in [6, 6.07) is 9.51. The monoisotopic (exact) mass is 417 g/mol. The van der Waals surface area contributed by atoms with Crippen LogP contribution in [0.25, 0.3) is 10.9 Å². The van der Waals surface area contributed by atoms with Gasteiger partial charge in [0.05, 0.1) is 10.4 Å². The lowest BCUT2D eigenvalue weighted by molar-refractivity contribution is -0.387. The van der Waals surface area contributed by atoms with Gasteiger partial charge >= 0.3 is 0 Å². The van der Waals surface area contributed by atoms with Gasteiger partial charge in [0.25, 0.3) is 5.69 Å².